The van der Waals surface area contributed by atoms with E-state index < -0.39 is 4.92 Å². The molecular weight excluding hydrogens is 332 g/mol. The second kappa shape index (κ2) is 6.25. The monoisotopic (exact) mass is 358 g/mol. The van der Waals surface area contributed by atoms with Gasteiger partial charge >= 0.3 is 0 Å². The lowest BCUT2D eigenvalue weighted by Gasteiger charge is -2.59. The molecule has 0 aromatic heterocycles. The molecule has 0 spiro atoms. The minimum Gasteiger partial charge on any atom is -0.497 e. The number of hydrogen-bond donors (Lipinski definition) is 1. The van der Waals surface area contributed by atoms with E-state index in [-0.39, 0.29) is 28.6 Å². The summed E-state index contributed by atoms with van der Waals surface area (Å²) in [6, 6.07) is 4.33. The Hall–Kier alpha value is -2.11. The number of carbonyl (C=O) groups is 1. The van der Waals surface area contributed by atoms with Crippen LogP contribution in [0.2, 0.25) is 0 Å². The third kappa shape index (κ3) is 2.85. The summed E-state index contributed by atoms with van der Waals surface area (Å²) in [6.07, 6.45) is 7.59. The van der Waals surface area contributed by atoms with Gasteiger partial charge in [0.15, 0.2) is 0 Å². The minimum atomic E-state index is -0.510. The molecule has 4 bridgehead atoms. The Labute approximate surface area is 153 Å². The third-order valence-corrected chi connectivity index (χ3v) is 7.00. The van der Waals surface area contributed by atoms with Crippen LogP contribution in [0.3, 0.4) is 0 Å². The second-order valence-corrected chi connectivity index (χ2v) is 8.62. The molecule has 1 amide bonds. The first-order chi connectivity index (χ1) is 12.4. The van der Waals surface area contributed by atoms with Crippen LogP contribution in [0, 0.1) is 33.3 Å². The van der Waals surface area contributed by atoms with Crippen LogP contribution in [0.5, 0.6) is 5.75 Å². The molecule has 1 aromatic rings. The van der Waals surface area contributed by atoms with Gasteiger partial charge in [0.2, 0.25) is 0 Å². The number of methoxy groups -OCH3 is 1. The van der Waals surface area contributed by atoms with Crippen molar-refractivity contribution < 1.29 is 14.5 Å². The van der Waals surface area contributed by atoms with Gasteiger partial charge in [0, 0.05) is 12.1 Å². The van der Waals surface area contributed by atoms with Gasteiger partial charge in [-0.1, -0.05) is 0 Å². The second-order valence-electron chi connectivity index (χ2n) is 8.62. The molecule has 1 unspecified atom stereocenters. The summed E-state index contributed by atoms with van der Waals surface area (Å²) in [5.41, 5.74) is 0.0601. The summed E-state index contributed by atoms with van der Waals surface area (Å²) in [4.78, 5) is 23.7. The zero-order chi connectivity index (χ0) is 18.5. The summed E-state index contributed by atoms with van der Waals surface area (Å²) < 4.78 is 5.14. The van der Waals surface area contributed by atoms with Crippen molar-refractivity contribution in [3.05, 3.63) is 33.9 Å². The van der Waals surface area contributed by atoms with Crippen molar-refractivity contribution in [1.29, 1.82) is 0 Å². The number of nitrogens with zero attached hydrogens (tertiary/aromatic N) is 1. The van der Waals surface area contributed by atoms with E-state index in [2.05, 4.69) is 12.2 Å². The van der Waals surface area contributed by atoms with Crippen LogP contribution in [-0.4, -0.2) is 24.0 Å². The average molecular weight is 358 g/mol. The number of amides is 1. The standard InChI is InChI=1S/C20H26N2O4/c1-12(20-9-13-5-14(10-20)7-15(6-13)11-20)21-19(23)17-8-16(26-2)3-4-18(17)22(24)25/h3-4,8,12-15H,5-7,9-11H2,1-2H3,(H,21,23). The quantitative estimate of drug-likeness (QED) is 0.638. The molecular formula is C20H26N2O4. The van der Waals surface area contributed by atoms with Crippen molar-refractivity contribution in [2.24, 2.45) is 23.2 Å². The lowest BCUT2D eigenvalue weighted by atomic mass is 9.48. The Morgan fingerprint density at radius 1 is 1.23 bits per heavy atom. The molecule has 1 atom stereocenters. The number of carbonyl (C=O) groups excluding carboxylic acids is 1. The molecule has 6 heteroatoms. The van der Waals surface area contributed by atoms with Crippen LogP contribution in [0.15, 0.2) is 18.2 Å². The summed E-state index contributed by atoms with van der Waals surface area (Å²) in [7, 11) is 1.49. The Morgan fingerprint density at radius 2 is 1.81 bits per heavy atom. The van der Waals surface area contributed by atoms with Gasteiger partial charge in [0.1, 0.15) is 11.3 Å². The first-order valence-electron chi connectivity index (χ1n) is 9.53. The Morgan fingerprint density at radius 3 is 2.31 bits per heavy atom. The zero-order valence-corrected chi connectivity index (χ0v) is 15.4. The molecule has 1 aromatic carbocycles. The number of nitro benzene ring substituents is 1. The maximum Gasteiger partial charge on any atom is 0.282 e. The van der Waals surface area contributed by atoms with Gasteiger partial charge in [-0.2, -0.15) is 0 Å². The fraction of sp³-hybridized carbons (Fsp3) is 0.650. The van der Waals surface area contributed by atoms with Crippen molar-refractivity contribution in [3.8, 4) is 5.75 Å². The summed E-state index contributed by atoms with van der Waals surface area (Å²) in [5, 5.41) is 14.4. The van der Waals surface area contributed by atoms with E-state index in [4.69, 9.17) is 4.74 Å². The van der Waals surface area contributed by atoms with Gasteiger partial charge in [-0.3, -0.25) is 14.9 Å². The highest BCUT2D eigenvalue weighted by atomic mass is 16.6. The minimum absolute atomic E-state index is 0.0224. The van der Waals surface area contributed by atoms with E-state index in [1.54, 1.807) is 0 Å². The summed E-state index contributed by atoms with van der Waals surface area (Å²) in [6.45, 7) is 2.08. The van der Waals surface area contributed by atoms with Gasteiger partial charge in [-0.05, 0) is 80.8 Å². The molecule has 4 fully saturated rings. The lowest BCUT2D eigenvalue weighted by molar-refractivity contribution is -0.385. The fourth-order valence-corrected chi connectivity index (χ4v) is 6.12. The first kappa shape index (κ1) is 17.3. The first-order valence-corrected chi connectivity index (χ1v) is 9.53. The molecule has 26 heavy (non-hydrogen) atoms. The topological polar surface area (TPSA) is 81.5 Å². The van der Waals surface area contributed by atoms with E-state index in [1.807, 2.05) is 0 Å². The van der Waals surface area contributed by atoms with E-state index >= 15 is 0 Å². The Balaban J connectivity index is 1.56. The van der Waals surface area contributed by atoms with Gasteiger partial charge in [0.25, 0.3) is 11.6 Å². The van der Waals surface area contributed by atoms with Gasteiger partial charge in [-0.15, -0.1) is 0 Å². The van der Waals surface area contributed by atoms with Crippen molar-refractivity contribution >= 4 is 11.6 Å². The zero-order valence-electron chi connectivity index (χ0n) is 15.4. The molecule has 4 aliphatic rings. The number of nitrogens with one attached hydrogen (secondary N) is 1. The SMILES string of the molecule is COc1ccc([N+](=O)[O-])c(C(=O)NC(C)C23CC4CC(CC(C4)C2)C3)c1. The Kier molecular flexibility index (Phi) is 4.16. The lowest BCUT2D eigenvalue weighted by Crippen LogP contribution is -2.55. The maximum absolute atomic E-state index is 12.9. The molecule has 5 rings (SSSR count). The summed E-state index contributed by atoms with van der Waals surface area (Å²) >= 11 is 0. The molecule has 6 nitrogen and oxygen atoms in total. The fourth-order valence-electron chi connectivity index (χ4n) is 6.12. The number of hydrogen-bond acceptors (Lipinski definition) is 4. The molecule has 4 saturated carbocycles. The molecule has 1 N–H and O–H groups in total. The normalized spacial score (nSPS) is 32.9. The number of rotatable bonds is 5. The predicted molar refractivity (Wildman–Crippen MR) is 97.2 cm³/mol. The number of benzene rings is 1. The van der Waals surface area contributed by atoms with Gasteiger partial charge in [-0.25, -0.2) is 0 Å². The van der Waals surface area contributed by atoms with Crippen molar-refractivity contribution in [3.63, 3.8) is 0 Å². The van der Waals surface area contributed by atoms with E-state index in [0.717, 1.165) is 17.8 Å². The van der Waals surface area contributed by atoms with Crippen molar-refractivity contribution in [2.45, 2.75) is 51.5 Å². The third-order valence-electron chi connectivity index (χ3n) is 7.00. The predicted octanol–water partition coefficient (Wildman–Crippen LogP) is 3.94. The number of ether oxygens (including phenoxy) is 1. The molecule has 4 aliphatic carbocycles. The molecule has 0 aliphatic heterocycles. The Bertz CT molecular complexity index is 710. The van der Waals surface area contributed by atoms with Gasteiger partial charge < -0.3 is 10.1 Å². The number of nitro groups is 1. The highest BCUT2D eigenvalue weighted by molar-refractivity contribution is 5.98. The molecule has 0 saturated heterocycles. The van der Waals surface area contributed by atoms with Crippen LogP contribution >= 0.6 is 0 Å². The van der Waals surface area contributed by atoms with E-state index in [0.29, 0.717) is 5.75 Å². The van der Waals surface area contributed by atoms with E-state index in [9.17, 15) is 14.9 Å². The summed E-state index contributed by atoms with van der Waals surface area (Å²) in [5.74, 6) is 2.47. The maximum atomic E-state index is 12.9. The van der Waals surface area contributed by atoms with Gasteiger partial charge in [0.05, 0.1) is 12.0 Å². The highest BCUT2D eigenvalue weighted by Gasteiger charge is 2.53. The largest absolute Gasteiger partial charge is 0.497 e. The smallest absolute Gasteiger partial charge is 0.282 e. The van der Waals surface area contributed by atoms with Crippen LogP contribution in [0.4, 0.5) is 5.69 Å². The van der Waals surface area contributed by atoms with Crippen LogP contribution < -0.4 is 10.1 Å². The van der Waals surface area contributed by atoms with Crippen LogP contribution in [-0.2, 0) is 0 Å². The van der Waals surface area contributed by atoms with Crippen molar-refractivity contribution in [2.75, 3.05) is 7.11 Å². The van der Waals surface area contributed by atoms with Crippen molar-refractivity contribution in [1.82, 2.24) is 5.32 Å². The van der Waals surface area contributed by atoms with Crippen LogP contribution in [0.25, 0.3) is 0 Å². The molecule has 0 heterocycles. The van der Waals surface area contributed by atoms with Crippen LogP contribution in [0.1, 0.15) is 55.8 Å². The highest BCUT2D eigenvalue weighted by Crippen LogP contribution is 2.61. The van der Waals surface area contributed by atoms with E-state index in [1.165, 1.54) is 63.8 Å². The molecule has 140 valence electrons. The molecule has 0 radical (unpaired) electrons. The average Bonchev–Trinajstić information content (AvgIpc) is 2.59.